The molecule has 26 heavy (non-hydrogen) atoms. The Labute approximate surface area is 157 Å². The predicted octanol–water partition coefficient (Wildman–Crippen LogP) is 6.47. The van der Waals surface area contributed by atoms with Crippen molar-refractivity contribution in [2.24, 2.45) is 4.99 Å². The molecule has 0 saturated heterocycles. The van der Waals surface area contributed by atoms with Gasteiger partial charge in [0.25, 0.3) is 0 Å². The first kappa shape index (κ1) is 19.9. The van der Waals surface area contributed by atoms with Crippen LogP contribution in [0.3, 0.4) is 0 Å². The highest BCUT2D eigenvalue weighted by atomic mass is 16.1. The van der Waals surface area contributed by atoms with Crippen LogP contribution in [0.5, 0.6) is 0 Å². The van der Waals surface area contributed by atoms with Crippen molar-refractivity contribution in [3.63, 3.8) is 0 Å². The van der Waals surface area contributed by atoms with Crippen molar-refractivity contribution in [3.05, 3.63) is 59.7 Å². The molecule has 0 fully saturated rings. The lowest BCUT2D eigenvalue weighted by Crippen LogP contribution is -2.10. The Morgan fingerprint density at radius 2 is 1.69 bits per heavy atom. The van der Waals surface area contributed by atoms with Gasteiger partial charge in [-0.1, -0.05) is 64.3 Å². The van der Waals surface area contributed by atoms with E-state index in [2.05, 4.69) is 55.3 Å². The number of amides is 1. The van der Waals surface area contributed by atoms with Crippen LogP contribution in [-0.4, -0.2) is 12.1 Å². The van der Waals surface area contributed by atoms with Crippen molar-refractivity contribution in [2.75, 3.05) is 5.32 Å². The standard InChI is InChI=1S/C23H30N2O/c1-4-5-6-7-8-23(26)25-22-15-13-21(14-16-22)24-17-19-9-11-20(12-10-19)18(2)3/h9-18H,4-8H2,1-3H3,(H,25,26). The van der Waals surface area contributed by atoms with Gasteiger partial charge in [0.15, 0.2) is 0 Å². The number of hydrogen-bond donors (Lipinski definition) is 1. The van der Waals surface area contributed by atoms with Crippen molar-refractivity contribution in [2.45, 2.75) is 58.8 Å². The third-order valence-corrected chi connectivity index (χ3v) is 4.37. The number of hydrogen-bond acceptors (Lipinski definition) is 2. The molecular weight excluding hydrogens is 320 g/mol. The molecule has 1 amide bonds. The fraction of sp³-hybridized carbons (Fsp3) is 0.391. The van der Waals surface area contributed by atoms with Gasteiger partial charge in [0, 0.05) is 18.3 Å². The smallest absolute Gasteiger partial charge is 0.224 e. The van der Waals surface area contributed by atoms with E-state index in [1.54, 1.807) is 0 Å². The first-order valence-corrected chi connectivity index (χ1v) is 9.62. The van der Waals surface area contributed by atoms with Crippen LogP contribution >= 0.6 is 0 Å². The Kier molecular flexibility index (Phi) is 8.07. The number of anilines is 1. The third kappa shape index (κ3) is 6.83. The summed E-state index contributed by atoms with van der Waals surface area (Å²) >= 11 is 0. The van der Waals surface area contributed by atoms with Gasteiger partial charge in [-0.25, -0.2) is 0 Å². The van der Waals surface area contributed by atoms with Gasteiger partial charge in [-0.3, -0.25) is 9.79 Å². The summed E-state index contributed by atoms with van der Waals surface area (Å²) in [5, 5.41) is 2.95. The van der Waals surface area contributed by atoms with Gasteiger partial charge in [-0.2, -0.15) is 0 Å². The Morgan fingerprint density at radius 3 is 2.31 bits per heavy atom. The van der Waals surface area contributed by atoms with Crippen molar-refractivity contribution in [3.8, 4) is 0 Å². The normalized spacial score (nSPS) is 11.2. The van der Waals surface area contributed by atoms with E-state index in [0.717, 1.165) is 29.8 Å². The Morgan fingerprint density at radius 1 is 1.00 bits per heavy atom. The number of carbonyl (C=O) groups excluding carboxylic acids is 1. The van der Waals surface area contributed by atoms with E-state index in [1.807, 2.05) is 30.5 Å². The second-order valence-corrected chi connectivity index (χ2v) is 6.99. The van der Waals surface area contributed by atoms with E-state index < -0.39 is 0 Å². The van der Waals surface area contributed by atoms with Crippen LogP contribution in [0.4, 0.5) is 11.4 Å². The number of nitrogens with zero attached hydrogens (tertiary/aromatic N) is 1. The van der Waals surface area contributed by atoms with E-state index in [1.165, 1.54) is 18.4 Å². The zero-order valence-electron chi connectivity index (χ0n) is 16.2. The molecule has 2 aromatic carbocycles. The summed E-state index contributed by atoms with van der Waals surface area (Å²) in [5.41, 5.74) is 4.11. The summed E-state index contributed by atoms with van der Waals surface area (Å²) in [4.78, 5) is 16.4. The van der Waals surface area contributed by atoms with Crippen LogP contribution in [0, 0.1) is 0 Å². The SMILES string of the molecule is CCCCCCC(=O)Nc1ccc(N=Cc2ccc(C(C)C)cc2)cc1. The maximum absolute atomic E-state index is 11.9. The van der Waals surface area contributed by atoms with E-state index in [9.17, 15) is 4.79 Å². The molecule has 0 bridgehead atoms. The van der Waals surface area contributed by atoms with Gasteiger partial charge in [-0.05, 0) is 47.7 Å². The highest BCUT2D eigenvalue weighted by Gasteiger charge is 2.02. The molecular formula is C23H30N2O. The van der Waals surface area contributed by atoms with E-state index >= 15 is 0 Å². The molecule has 0 unspecified atom stereocenters. The molecule has 0 radical (unpaired) electrons. The number of benzene rings is 2. The average molecular weight is 351 g/mol. The highest BCUT2D eigenvalue weighted by molar-refractivity contribution is 5.91. The van der Waals surface area contributed by atoms with E-state index in [4.69, 9.17) is 0 Å². The highest BCUT2D eigenvalue weighted by Crippen LogP contribution is 2.18. The second kappa shape index (κ2) is 10.5. The number of nitrogens with one attached hydrogen (secondary N) is 1. The first-order valence-electron chi connectivity index (χ1n) is 9.62. The van der Waals surface area contributed by atoms with Gasteiger partial charge in [0.1, 0.15) is 0 Å². The molecule has 1 N–H and O–H groups in total. The molecule has 3 nitrogen and oxygen atoms in total. The Bertz CT molecular complexity index is 700. The van der Waals surface area contributed by atoms with Crippen LogP contribution in [0.15, 0.2) is 53.5 Å². The summed E-state index contributed by atoms with van der Waals surface area (Å²) in [7, 11) is 0. The summed E-state index contributed by atoms with van der Waals surface area (Å²) < 4.78 is 0. The van der Waals surface area contributed by atoms with Gasteiger partial charge in [0.05, 0.1) is 5.69 Å². The molecule has 2 rings (SSSR count). The fourth-order valence-electron chi connectivity index (χ4n) is 2.68. The average Bonchev–Trinajstić information content (AvgIpc) is 2.65. The van der Waals surface area contributed by atoms with Crippen molar-refractivity contribution >= 4 is 23.5 Å². The molecule has 0 aliphatic carbocycles. The summed E-state index contributed by atoms with van der Waals surface area (Å²) in [5.74, 6) is 0.623. The van der Waals surface area contributed by atoms with Crippen LogP contribution in [-0.2, 0) is 4.79 Å². The Hall–Kier alpha value is -2.42. The van der Waals surface area contributed by atoms with Gasteiger partial charge in [0.2, 0.25) is 5.91 Å². The summed E-state index contributed by atoms with van der Waals surface area (Å²) in [6.45, 7) is 6.55. The minimum atomic E-state index is 0.0857. The first-order chi connectivity index (χ1) is 12.6. The molecule has 0 heterocycles. The molecule has 0 atom stereocenters. The second-order valence-electron chi connectivity index (χ2n) is 6.99. The fourth-order valence-corrected chi connectivity index (χ4v) is 2.68. The van der Waals surface area contributed by atoms with E-state index in [0.29, 0.717) is 12.3 Å². The minimum Gasteiger partial charge on any atom is -0.326 e. The number of unbranched alkanes of at least 4 members (excludes halogenated alkanes) is 3. The minimum absolute atomic E-state index is 0.0857. The largest absolute Gasteiger partial charge is 0.326 e. The molecule has 0 aromatic heterocycles. The lowest BCUT2D eigenvalue weighted by Gasteiger charge is -2.06. The topological polar surface area (TPSA) is 41.5 Å². The molecule has 0 aliphatic rings. The lowest BCUT2D eigenvalue weighted by atomic mass is 10.0. The number of aliphatic imine (C=N–C) groups is 1. The molecule has 0 saturated carbocycles. The summed E-state index contributed by atoms with van der Waals surface area (Å²) in [6, 6.07) is 16.1. The van der Waals surface area contributed by atoms with Crippen LogP contribution in [0.25, 0.3) is 0 Å². The van der Waals surface area contributed by atoms with Crippen LogP contribution < -0.4 is 5.32 Å². The molecule has 0 aliphatic heterocycles. The van der Waals surface area contributed by atoms with Crippen molar-refractivity contribution in [1.29, 1.82) is 0 Å². The van der Waals surface area contributed by atoms with Crippen LogP contribution in [0.2, 0.25) is 0 Å². The monoisotopic (exact) mass is 350 g/mol. The molecule has 3 heteroatoms. The molecule has 2 aromatic rings. The van der Waals surface area contributed by atoms with Crippen LogP contribution in [0.1, 0.15) is 69.9 Å². The maximum Gasteiger partial charge on any atom is 0.224 e. The molecule has 0 spiro atoms. The Balaban J connectivity index is 1.85. The van der Waals surface area contributed by atoms with E-state index in [-0.39, 0.29) is 5.91 Å². The molecule has 138 valence electrons. The van der Waals surface area contributed by atoms with Gasteiger partial charge >= 0.3 is 0 Å². The zero-order chi connectivity index (χ0) is 18.8. The number of carbonyl (C=O) groups is 1. The number of rotatable bonds is 9. The van der Waals surface area contributed by atoms with Gasteiger partial charge in [-0.15, -0.1) is 0 Å². The van der Waals surface area contributed by atoms with Gasteiger partial charge < -0.3 is 5.32 Å². The lowest BCUT2D eigenvalue weighted by molar-refractivity contribution is -0.116. The maximum atomic E-state index is 11.9. The predicted molar refractivity (Wildman–Crippen MR) is 112 cm³/mol. The summed E-state index contributed by atoms with van der Waals surface area (Å²) in [6.07, 6.45) is 6.91. The quantitative estimate of drug-likeness (QED) is 0.408. The van der Waals surface area contributed by atoms with Crippen molar-refractivity contribution in [1.82, 2.24) is 0 Å². The zero-order valence-corrected chi connectivity index (χ0v) is 16.2. The third-order valence-electron chi connectivity index (χ3n) is 4.37. The van der Waals surface area contributed by atoms with Crippen molar-refractivity contribution < 1.29 is 4.79 Å².